The van der Waals surface area contributed by atoms with Gasteiger partial charge in [0.15, 0.2) is 5.65 Å². The lowest BCUT2D eigenvalue weighted by Crippen LogP contribution is -2.09. The molecule has 0 fully saturated rings. The number of halogens is 1. The van der Waals surface area contributed by atoms with Crippen molar-refractivity contribution in [3.05, 3.63) is 47.7 Å². The van der Waals surface area contributed by atoms with Crippen molar-refractivity contribution in [2.24, 2.45) is 0 Å². The molecule has 1 aromatic carbocycles. The summed E-state index contributed by atoms with van der Waals surface area (Å²) in [6.07, 6.45) is 3.40. The molecular weight excluding hydrogens is 305 g/mol. The first-order valence-electron chi connectivity index (χ1n) is 8.30. The Morgan fingerprint density at radius 3 is 2.58 bits per heavy atom. The van der Waals surface area contributed by atoms with E-state index in [1.54, 1.807) is 12.1 Å². The van der Waals surface area contributed by atoms with Crippen molar-refractivity contribution in [3.63, 3.8) is 0 Å². The normalized spacial score (nSPS) is 11.4. The summed E-state index contributed by atoms with van der Waals surface area (Å²) in [5.74, 6) is 0.379. The van der Waals surface area contributed by atoms with Gasteiger partial charge in [-0.25, -0.2) is 14.4 Å². The molecular formula is C18H22FN5. The summed E-state index contributed by atoms with van der Waals surface area (Å²) in [5, 5.41) is 3.25. The van der Waals surface area contributed by atoms with Gasteiger partial charge in [0.1, 0.15) is 11.3 Å². The fourth-order valence-electron chi connectivity index (χ4n) is 2.59. The maximum atomic E-state index is 13.1. The first-order valence-corrected chi connectivity index (χ1v) is 8.30. The predicted molar refractivity (Wildman–Crippen MR) is 93.7 cm³/mol. The molecule has 0 bridgehead atoms. The number of nitrogens with one attached hydrogen (secondary N) is 1. The van der Waals surface area contributed by atoms with E-state index in [-0.39, 0.29) is 11.9 Å². The highest BCUT2D eigenvalue weighted by molar-refractivity contribution is 5.75. The zero-order valence-corrected chi connectivity index (χ0v) is 14.3. The Morgan fingerprint density at radius 1 is 1.17 bits per heavy atom. The zero-order valence-electron chi connectivity index (χ0n) is 14.3. The van der Waals surface area contributed by atoms with Gasteiger partial charge in [-0.1, -0.05) is 19.1 Å². The van der Waals surface area contributed by atoms with Crippen LogP contribution < -0.4 is 5.32 Å². The largest absolute Gasteiger partial charge is 0.354 e. The van der Waals surface area contributed by atoms with Gasteiger partial charge < -0.3 is 9.88 Å². The number of fused-ring (bicyclic) bond motifs is 1. The molecule has 0 atom stereocenters. The van der Waals surface area contributed by atoms with Crippen LogP contribution in [0.15, 0.2) is 30.6 Å². The molecule has 0 spiro atoms. The summed E-state index contributed by atoms with van der Waals surface area (Å²) < 4.78 is 15.2. The zero-order chi connectivity index (χ0) is 17.1. The van der Waals surface area contributed by atoms with E-state index in [0.717, 1.165) is 35.4 Å². The van der Waals surface area contributed by atoms with Crippen molar-refractivity contribution in [3.8, 4) is 0 Å². The molecule has 0 amide bonds. The van der Waals surface area contributed by atoms with Crippen LogP contribution in [0.1, 0.15) is 44.5 Å². The summed E-state index contributed by atoms with van der Waals surface area (Å²) in [5.41, 5.74) is 3.48. The molecule has 0 unspecified atom stereocenters. The summed E-state index contributed by atoms with van der Waals surface area (Å²) in [6.45, 7) is 7.12. The first kappa shape index (κ1) is 16.4. The molecule has 0 saturated heterocycles. The van der Waals surface area contributed by atoms with Gasteiger partial charge in [0, 0.05) is 19.0 Å². The average Bonchev–Trinajstić information content (AvgIpc) is 2.99. The van der Waals surface area contributed by atoms with Gasteiger partial charge >= 0.3 is 0 Å². The van der Waals surface area contributed by atoms with Crippen molar-refractivity contribution in [1.29, 1.82) is 0 Å². The standard InChI is InChI=1S/C18H22FN5/c1-4-9-20-18-22-15(10-13-5-7-14(19)8-6-13)16-17(23-18)24(11-21-16)12(2)3/h5-8,11-12H,4,9-10H2,1-3H3,(H,20,22,23). The lowest BCUT2D eigenvalue weighted by atomic mass is 10.1. The highest BCUT2D eigenvalue weighted by atomic mass is 19.1. The van der Waals surface area contributed by atoms with Crippen LogP contribution in [0.3, 0.4) is 0 Å². The quantitative estimate of drug-likeness (QED) is 0.744. The third-order valence-corrected chi connectivity index (χ3v) is 3.87. The summed E-state index contributed by atoms with van der Waals surface area (Å²) in [7, 11) is 0. The van der Waals surface area contributed by atoms with Gasteiger partial charge in [-0.3, -0.25) is 0 Å². The van der Waals surface area contributed by atoms with E-state index in [1.807, 2.05) is 10.9 Å². The monoisotopic (exact) mass is 327 g/mol. The van der Waals surface area contributed by atoms with Gasteiger partial charge in [0.25, 0.3) is 0 Å². The molecule has 126 valence electrons. The number of imidazole rings is 1. The number of nitrogens with zero attached hydrogens (tertiary/aromatic N) is 4. The summed E-state index contributed by atoms with van der Waals surface area (Å²) in [4.78, 5) is 13.8. The maximum absolute atomic E-state index is 13.1. The van der Waals surface area contributed by atoms with E-state index >= 15 is 0 Å². The Kier molecular flexibility index (Phi) is 4.74. The van der Waals surface area contributed by atoms with Crippen LogP contribution >= 0.6 is 0 Å². The van der Waals surface area contributed by atoms with Crippen LogP contribution in [0.4, 0.5) is 10.3 Å². The number of aromatic nitrogens is 4. The smallest absolute Gasteiger partial charge is 0.225 e. The van der Waals surface area contributed by atoms with Crippen LogP contribution in [-0.4, -0.2) is 26.1 Å². The fraction of sp³-hybridized carbons (Fsp3) is 0.389. The number of anilines is 1. The fourth-order valence-corrected chi connectivity index (χ4v) is 2.59. The first-order chi connectivity index (χ1) is 11.6. The van der Waals surface area contributed by atoms with Gasteiger partial charge in [-0.15, -0.1) is 0 Å². The van der Waals surface area contributed by atoms with E-state index < -0.39 is 0 Å². The van der Waals surface area contributed by atoms with Crippen molar-refractivity contribution >= 4 is 17.1 Å². The lowest BCUT2D eigenvalue weighted by molar-refractivity contribution is 0.612. The Labute approximate surface area is 141 Å². The minimum absolute atomic E-state index is 0.235. The molecule has 1 N–H and O–H groups in total. The van der Waals surface area contributed by atoms with Gasteiger partial charge in [-0.2, -0.15) is 4.98 Å². The van der Waals surface area contributed by atoms with Crippen LogP contribution in [-0.2, 0) is 6.42 Å². The SMILES string of the molecule is CCCNc1nc(Cc2ccc(F)cc2)c2ncn(C(C)C)c2n1. The van der Waals surface area contributed by atoms with Crippen molar-refractivity contribution in [2.45, 2.75) is 39.7 Å². The van der Waals surface area contributed by atoms with Gasteiger partial charge in [0.2, 0.25) is 5.95 Å². The Balaban J connectivity index is 2.05. The summed E-state index contributed by atoms with van der Waals surface area (Å²) in [6, 6.07) is 6.76. The third kappa shape index (κ3) is 3.37. The second kappa shape index (κ2) is 6.95. The average molecular weight is 327 g/mol. The molecule has 0 aliphatic carbocycles. The van der Waals surface area contributed by atoms with E-state index in [1.165, 1.54) is 12.1 Å². The van der Waals surface area contributed by atoms with Crippen molar-refractivity contribution in [1.82, 2.24) is 19.5 Å². The molecule has 2 aromatic heterocycles. The molecule has 24 heavy (non-hydrogen) atoms. The van der Waals surface area contributed by atoms with E-state index in [4.69, 9.17) is 0 Å². The van der Waals surface area contributed by atoms with Crippen molar-refractivity contribution in [2.75, 3.05) is 11.9 Å². The van der Waals surface area contributed by atoms with Crippen LogP contribution in [0.5, 0.6) is 0 Å². The Hall–Kier alpha value is -2.50. The molecule has 0 radical (unpaired) electrons. The summed E-state index contributed by atoms with van der Waals surface area (Å²) >= 11 is 0. The van der Waals surface area contributed by atoms with Gasteiger partial charge in [0.05, 0.1) is 12.0 Å². The molecule has 6 heteroatoms. The highest BCUT2D eigenvalue weighted by Gasteiger charge is 2.15. The van der Waals surface area contributed by atoms with Crippen molar-refractivity contribution < 1.29 is 4.39 Å². The number of hydrogen-bond donors (Lipinski definition) is 1. The topological polar surface area (TPSA) is 55.6 Å². The third-order valence-electron chi connectivity index (χ3n) is 3.87. The van der Waals surface area contributed by atoms with E-state index in [0.29, 0.717) is 12.4 Å². The number of hydrogen-bond acceptors (Lipinski definition) is 4. The molecule has 0 aliphatic heterocycles. The molecule has 0 aliphatic rings. The second-order valence-electron chi connectivity index (χ2n) is 6.14. The van der Waals surface area contributed by atoms with E-state index in [9.17, 15) is 4.39 Å². The molecule has 5 nitrogen and oxygen atoms in total. The van der Waals surface area contributed by atoms with Crippen LogP contribution in [0, 0.1) is 5.82 Å². The lowest BCUT2D eigenvalue weighted by Gasteiger charge is -2.11. The van der Waals surface area contributed by atoms with Crippen LogP contribution in [0.25, 0.3) is 11.2 Å². The molecule has 2 heterocycles. The minimum Gasteiger partial charge on any atom is -0.354 e. The van der Waals surface area contributed by atoms with Crippen LogP contribution in [0.2, 0.25) is 0 Å². The number of rotatable bonds is 6. The predicted octanol–water partition coefficient (Wildman–Crippen LogP) is 3.96. The maximum Gasteiger partial charge on any atom is 0.225 e. The minimum atomic E-state index is -0.235. The Bertz CT molecular complexity index is 823. The second-order valence-corrected chi connectivity index (χ2v) is 6.14. The molecule has 3 aromatic rings. The molecule has 3 rings (SSSR count). The highest BCUT2D eigenvalue weighted by Crippen LogP contribution is 2.22. The van der Waals surface area contributed by atoms with Gasteiger partial charge in [-0.05, 0) is 38.0 Å². The Morgan fingerprint density at radius 2 is 1.92 bits per heavy atom. The van der Waals surface area contributed by atoms with E-state index in [2.05, 4.69) is 41.0 Å². The molecule has 0 saturated carbocycles. The number of benzene rings is 1.